The molecule has 0 bridgehead atoms. The second-order valence-electron chi connectivity index (χ2n) is 3.99. The highest BCUT2D eigenvalue weighted by Crippen LogP contribution is 2.27. The number of hydrogen-bond acceptors (Lipinski definition) is 2. The number of alkyl halides is 2. The molecule has 1 rings (SSSR count). The first-order valence-corrected chi connectivity index (χ1v) is 6.73. The summed E-state index contributed by atoms with van der Waals surface area (Å²) >= 11 is 11.7. The Bertz CT molecular complexity index is 475. The van der Waals surface area contributed by atoms with Gasteiger partial charge < -0.3 is 10.6 Å². The van der Waals surface area contributed by atoms with Crippen LogP contribution >= 0.6 is 23.2 Å². The fourth-order valence-corrected chi connectivity index (χ4v) is 1.40. The fraction of sp³-hybridized carbons (Fsp3) is 0.385. The number of nitrogens with one attached hydrogen (secondary N) is 2. The summed E-state index contributed by atoms with van der Waals surface area (Å²) in [5.74, 6) is -0.585. The standard InChI is InChI=1S/C13H16Cl2N2O2/c1-3-11(18)16-9-6-5-7-10(8-9)17-12(19)13(14,15)4-2/h5-8H,3-4H2,1-2H3,(H,16,18)(H,17,19). The molecule has 0 heterocycles. The summed E-state index contributed by atoms with van der Waals surface area (Å²) in [6, 6.07) is 6.79. The van der Waals surface area contributed by atoms with Crippen molar-refractivity contribution in [3.8, 4) is 0 Å². The lowest BCUT2D eigenvalue weighted by atomic mass is 10.2. The van der Waals surface area contributed by atoms with Crippen molar-refractivity contribution in [2.45, 2.75) is 31.0 Å². The average molecular weight is 303 g/mol. The van der Waals surface area contributed by atoms with Crippen LogP contribution in [0.4, 0.5) is 11.4 Å². The van der Waals surface area contributed by atoms with Gasteiger partial charge in [0, 0.05) is 17.8 Å². The smallest absolute Gasteiger partial charge is 0.260 e. The molecular formula is C13H16Cl2N2O2. The van der Waals surface area contributed by atoms with Crippen LogP contribution in [0, 0.1) is 0 Å². The Kier molecular flexibility index (Phi) is 5.63. The van der Waals surface area contributed by atoms with Crippen molar-refractivity contribution in [2.75, 3.05) is 10.6 Å². The van der Waals surface area contributed by atoms with Crippen LogP contribution in [0.1, 0.15) is 26.7 Å². The molecule has 4 nitrogen and oxygen atoms in total. The number of amides is 2. The number of rotatable bonds is 5. The minimum absolute atomic E-state index is 0.0962. The lowest BCUT2D eigenvalue weighted by molar-refractivity contribution is -0.117. The first-order chi connectivity index (χ1) is 8.89. The summed E-state index contributed by atoms with van der Waals surface area (Å²) in [7, 11) is 0. The van der Waals surface area contributed by atoms with Gasteiger partial charge in [0.05, 0.1) is 0 Å². The van der Waals surface area contributed by atoms with Crippen molar-refractivity contribution >= 4 is 46.4 Å². The van der Waals surface area contributed by atoms with Crippen molar-refractivity contribution in [3.63, 3.8) is 0 Å². The van der Waals surface area contributed by atoms with Crippen LogP contribution in [0.3, 0.4) is 0 Å². The molecule has 0 atom stereocenters. The van der Waals surface area contributed by atoms with E-state index >= 15 is 0 Å². The number of carbonyl (C=O) groups excluding carboxylic acids is 2. The van der Waals surface area contributed by atoms with E-state index in [-0.39, 0.29) is 5.91 Å². The first-order valence-electron chi connectivity index (χ1n) is 5.98. The first kappa shape index (κ1) is 15.8. The molecule has 0 saturated heterocycles. The van der Waals surface area contributed by atoms with Crippen molar-refractivity contribution in [1.82, 2.24) is 0 Å². The van der Waals surface area contributed by atoms with Gasteiger partial charge in [0.2, 0.25) is 5.91 Å². The molecule has 0 aromatic heterocycles. The number of carbonyl (C=O) groups is 2. The predicted molar refractivity (Wildman–Crippen MR) is 78.7 cm³/mol. The molecule has 1 aromatic carbocycles. The third-order valence-corrected chi connectivity index (χ3v) is 3.38. The monoisotopic (exact) mass is 302 g/mol. The summed E-state index contributed by atoms with van der Waals surface area (Å²) < 4.78 is -1.46. The lowest BCUT2D eigenvalue weighted by Gasteiger charge is -2.17. The van der Waals surface area contributed by atoms with Crippen molar-refractivity contribution < 1.29 is 9.59 Å². The highest BCUT2D eigenvalue weighted by Gasteiger charge is 2.31. The molecule has 0 radical (unpaired) electrons. The van der Waals surface area contributed by atoms with E-state index in [0.29, 0.717) is 24.2 Å². The summed E-state index contributed by atoms with van der Waals surface area (Å²) in [6.45, 7) is 3.48. The van der Waals surface area contributed by atoms with E-state index in [1.165, 1.54) is 0 Å². The van der Waals surface area contributed by atoms with Crippen LogP contribution in [0.2, 0.25) is 0 Å². The molecule has 19 heavy (non-hydrogen) atoms. The molecule has 0 unspecified atom stereocenters. The van der Waals surface area contributed by atoms with Crippen LogP contribution in [-0.2, 0) is 9.59 Å². The Labute approximate surface area is 122 Å². The fourth-order valence-electron chi connectivity index (χ4n) is 1.31. The zero-order valence-corrected chi connectivity index (χ0v) is 12.3. The quantitative estimate of drug-likeness (QED) is 0.817. The Morgan fingerprint density at radius 1 is 1.16 bits per heavy atom. The molecule has 2 N–H and O–H groups in total. The number of hydrogen-bond donors (Lipinski definition) is 2. The highest BCUT2D eigenvalue weighted by atomic mass is 35.5. The molecule has 0 spiro atoms. The number of benzene rings is 1. The summed E-state index contributed by atoms with van der Waals surface area (Å²) in [5, 5.41) is 5.31. The molecular weight excluding hydrogens is 287 g/mol. The van der Waals surface area contributed by atoms with Gasteiger partial charge in [-0.1, -0.05) is 43.1 Å². The zero-order valence-electron chi connectivity index (χ0n) is 10.8. The molecule has 1 aromatic rings. The summed E-state index contributed by atoms with van der Waals surface area (Å²) in [5.41, 5.74) is 1.13. The van der Waals surface area contributed by atoms with E-state index in [0.717, 1.165) is 0 Å². The second kappa shape index (κ2) is 6.78. The molecule has 6 heteroatoms. The van der Waals surface area contributed by atoms with E-state index in [9.17, 15) is 9.59 Å². The molecule has 0 fully saturated rings. The SMILES string of the molecule is CCC(=O)Nc1cccc(NC(=O)C(Cl)(Cl)CC)c1. The van der Waals surface area contributed by atoms with Crippen molar-refractivity contribution in [1.29, 1.82) is 0 Å². The van der Waals surface area contributed by atoms with Crippen molar-refractivity contribution in [2.24, 2.45) is 0 Å². The second-order valence-corrected chi connectivity index (χ2v) is 5.48. The normalized spacial score (nSPS) is 10.9. The minimum Gasteiger partial charge on any atom is -0.326 e. The van der Waals surface area contributed by atoms with Gasteiger partial charge in [0.15, 0.2) is 4.33 Å². The Balaban J connectivity index is 2.77. The van der Waals surface area contributed by atoms with Crippen LogP contribution in [0.25, 0.3) is 0 Å². The summed E-state index contributed by atoms with van der Waals surface area (Å²) in [4.78, 5) is 23.1. The summed E-state index contributed by atoms with van der Waals surface area (Å²) in [6.07, 6.45) is 0.688. The molecule has 0 saturated carbocycles. The van der Waals surface area contributed by atoms with Crippen LogP contribution in [-0.4, -0.2) is 16.1 Å². The Hall–Kier alpha value is -1.26. The molecule has 0 aliphatic heterocycles. The molecule has 2 amide bonds. The maximum absolute atomic E-state index is 11.8. The lowest BCUT2D eigenvalue weighted by Crippen LogP contribution is -2.31. The maximum atomic E-state index is 11.8. The van der Waals surface area contributed by atoms with E-state index < -0.39 is 10.2 Å². The topological polar surface area (TPSA) is 58.2 Å². The van der Waals surface area contributed by atoms with Gasteiger partial charge in [-0.05, 0) is 24.6 Å². The van der Waals surface area contributed by atoms with E-state index in [1.54, 1.807) is 38.1 Å². The maximum Gasteiger partial charge on any atom is 0.260 e. The number of anilines is 2. The minimum atomic E-state index is -1.46. The van der Waals surface area contributed by atoms with Crippen LogP contribution < -0.4 is 10.6 Å². The van der Waals surface area contributed by atoms with Gasteiger partial charge in [-0.2, -0.15) is 0 Å². The number of halogens is 2. The van der Waals surface area contributed by atoms with Gasteiger partial charge >= 0.3 is 0 Å². The van der Waals surface area contributed by atoms with E-state index in [1.807, 2.05) is 0 Å². The van der Waals surface area contributed by atoms with Gasteiger partial charge in [-0.15, -0.1) is 0 Å². The largest absolute Gasteiger partial charge is 0.326 e. The van der Waals surface area contributed by atoms with E-state index in [2.05, 4.69) is 10.6 Å². The van der Waals surface area contributed by atoms with Crippen LogP contribution in [0.15, 0.2) is 24.3 Å². The van der Waals surface area contributed by atoms with Gasteiger partial charge in [0.1, 0.15) is 0 Å². The highest BCUT2D eigenvalue weighted by molar-refractivity contribution is 6.59. The van der Waals surface area contributed by atoms with Crippen molar-refractivity contribution in [3.05, 3.63) is 24.3 Å². The molecule has 0 aliphatic carbocycles. The van der Waals surface area contributed by atoms with E-state index in [4.69, 9.17) is 23.2 Å². The Morgan fingerprint density at radius 2 is 1.74 bits per heavy atom. The average Bonchev–Trinajstić information content (AvgIpc) is 2.38. The van der Waals surface area contributed by atoms with Crippen LogP contribution in [0.5, 0.6) is 0 Å². The zero-order chi connectivity index (χ0) is 14.5. The van der Waals surface area contributed by atoms with Gasteiger partial charge in [-0.3, -0.25) is 9.59 Å². The third-order valence-electron chi connectivity index (χ3n) is 2.50. The predicted octanol–water partition coefficient (Wildman–Crippen LogP) is 3.56. The third kappa shape index (κ3) is 4.73. The molecule has 0 aliphatic rings. The van der Waals surface area contributed by atoms with Gasteiger partial charge in [-0.25, -0.2) is 0 Å². The Morgan fingerprint density at radius 3 is 2.26 bits per heavy atom. The van der Waals surface area contributed by atoms with Gasteiger partial charge in [0.25, 0.3) is 5.91 Å². The molecule has 104 valence electrons.